The van der Waals surface area contributed by atoms with E-state index in [0.717, 1.165) is 0 Å². The third kappa shape index (κ3) is 5.71. The number of rotatable bonds is 6. The number of nitrogens with one attached hydrogen (secondary N) is 2. The minimum Gasteiger partial charge on any atom is -0.454 e. The molecule has 1 aliphatic heterocycles. The lowest BCUT2D eigenvalue weighted by atomic mass is 10.1. The topological polar surface area (TPSA) is 89.0 Å². The molecule has 9 heteroatoms. The average molecular weight is 482 g/mol. The first-order chi connectivity index (χ1) is 16.0. The van der Waals surface area contributed by atoms with E-state index in [1.165, 1.54) is 12.3 Å². The summed E-state index contributed by atoms with van der Waals surface area (Å²) in [5.41, 5.74) is 3.98. The summed E-state index contributed by atoms with van der Waals surface area (Å²) in [5.74, 6) is 0.0879. The second-order valence-electron chi connectivity index (χ2n) is 6.86. The smallest absolute Gasteiger partial charge is 0.287 e. The van der Waals surface area contributed by atoms with Gasteiger partial charge in [-0.2, -0.15) is 5.10 Å². The first-order valence-electron chi connectivity index (χ1n) is 9.76. The van der Waals surface area contributed by atoms with Crippen molar-refractivity contribution in [3.63, 3.8) is 0 Å². The van der Waals surface area contributed by atoms with Gasteiger partial charge in [0.1, 0.15) is 5.70 Å². The van der Waals surface area contributed by atoms with Gasteiger partial charge in [0.25, 0.3) is 11.8 Å². The molecular formula is C24H17Cl2N3O4. The predicted octanol–water partition coefficient (Wildman–Crippen LogP) is 4.64. The molecule has 2 amide bonds. The summed E-state index contributed by atoms with van der Waals surface area (Å²) >= 11 is 12.0. The lowest BCUT2D eigenvalue weighted by Crippen LogP contribution is -2.32. The highest BCUT2D eigenvalue weighted by molar-refractivity contribution is 6.36. The van der Waals surface area contributed by atoms with Gasteiger partial charge >= 0.3 is 0 Å². The highest BCUT2D eigenvalue weighted by atomic mass is 35.5. The van der Waals surface area contributed by atoms with E-state index in [0.29, 0.717) is 38.2 Å². The van der Waals surface area contributed by atoms with Crippen molar-refractivity contribution in [2.75, 3.05) is 6.79 Å². The molecule has 4 rings (SSSR count). The Balaban J connectivity index is 1.56. The monoisotopic (exact) mass is 481 g/mol. The molecule has 3 aromatic carbocycles. The van der Waals surface area contributed by atoms with Gasteiger partial charge in [-0.05, 0) is 48.0 Å². The Morgan fingerprint density at radius 3 is 2.52 bits per heavy atom. The van der Waals surface area contributed by atoms with Crippen LogP contribution in [-0.2, 0) is 4.79 Å². The molecule has 1 heterocycles. The van der Waals surface area contributed by atoms with E-state index >= 15 is 0 Å². The Labute approximate surface area is 199 Å². The number of carbonyl (C=O) groups excluding carboxylic acids is 2. The summed E-state index contributed by atoms with van der Waals surface area (Å²) in [5, 5.41) is 7.45. The number of halogens is 2. The highest BCUT2D eigenvalue weighted by Crippen LogP contribution is 2.33. The summed E-state index contributed by atoms with van der Waals surface area (Å²) in [6.07, 6.45) is 2.90. The molecule has 0 radical (unpaired) electrons. The number of ether oxygens (including phenoxy) is 2. The summed E-state index contributed by atoms with van der Waals surface area (Å²) in [4.78, 5) is 25.5. The number of amides is 2. The van der Waals surface area contributed by atoms with Gasteiger partial charge in [-0.3, -0.25) is 9.59 Å². The fourth-order valence-electron chi connectivity index (χ4n) is 2.94. The molecule has 0 saturated heterocycles. The van der Waals surface area contributed by atoms with Gasteiger partial charge in [0.15, 0.2) is 11.5 Å². The minimum atomic E-state index is -0.627. The zero-order chi connectivity index (χ0) is 23.2. The first-order valence-corrected chi connectivity index (χ1v) is 10.5. The van der Waals surface area contributed by atoms with Crippen LogP contribution in [-0.4, -0.2) is 24.8 Å². The molecule has 7 nitrogen and oxygen atoms in total. The standard InChI is InChI=1S/C24H17Cl2N3O4/c25-18-8-7-17(19(26)12-18)13-27-29-24(31)20(28-23(30)16-4-2-1-3-5-16)10-15-6-9-21-22(11-15)33-14-32-21/h1-13H,14H2,(H,28,30)(H,29,31)/b20-10-,27-13?. The molecule has 0 atom stereocenters. The SMILES string of the molecule is O=C(NN=Cc1ccc(Cl)cc1Cl)/C(=C/c1ccc2c(c1)OCO2)NC(=O)c1ccccc1. The molecule has 2 N–H and O–H groups in total. The van der Waals surface area contributed by atoms with Crippen molar-refractivity contribution < 1.29 is 19.1 Å². The van der Waals surface area contributed by atoms with Crippen LogP contribution in [0, 0.1) is 0 Å². The number of nitrogens with zero attached hydrogens (tertiary/aromatic N) is 1. The van der Waals surface area contributed by atoms with Crippen LogP contribution in [0.15, 0.2) is 77.5 Å². The van der Waals surface area contributed by atoms with Crippen LogP contribution in [0.5, 0.6) is 11.5 Å². The minimum absolute atomic E-state index is 0.0120. The number of benzene rings is 3. The number of hydrogen-bond donors (Lipinski definition) is 2. The fourth-order valence-corrected chi connectivity index (χ4v) is 3.40. The van der Waals surface area contributed by atoms with E-state index in [1.807, 2.05) is 0 Å². The number of hydrogen-bond acceptors (Lipinski definition) is 5. The number of carbonyl (C=O) groups is 2. The van der Waals surface area contributed by atoms with Crippen LogP contribution in [0.3, 0.4) is 0 Å². The summed E-state index contributed by atoms with van der Waals surface area (Å²) in [7, 11) is 0. The number of hydrazone groups is 1. The first kappa shape index (κ1) is 22.4. The van der Waals surface area contributed by atoms with Crippen LogP contribution >= 0.6 is 23.2 Å². The van der Waals surface area contributed by atoms with Crippen LogP contribution in [0.4, 0.5) is 0 Å². The Morgan fingerprint density at radius 2 is 1.73 bits per heavy atom. The van der Waals surface area contributed by atoms with Crippen molar-refractivity contribution in [2.45, 2.75) is 0 Å². The average Bonchev–Trinajstić information content (AvgIpc) is 3.28. The van der Waals surface area contributed by atoms with E-state index in [9.17, 15) is 9.59 Å². The molecule has 33 heavy (non-hydrogen) atoms. The summed E-state index contributed by atoms with van der Waals surface area (Å²) < 4.78 is 10.7. The molecule has 0 aliphatic carbocycles. The van der Waals surface area contributed by atoms with Crippen LogP contribution < -0.4 is 20.2 Å². The summed E-state index contributed by atoms with van der Waals surface area (Å²) in [6.45, 7) is 0.128. The molecule has 166 valence electrons. The quantitative estimate of drug-likeness (QED) is 0.304. The maximum absolute atomic E-state index is 12.9. The molecule has 0 spiro atoms. The molecule has 3 aromatic rings. The molecule has 1 aliphatic rings. The van der Waals surface area contributed by atoms with Gasteiger partial charge in [0, 0.05) is 16.1 Å². The highest BCUT2D eigenvalue weighted by Gasteiger charge is 2.17. The predicted molar refractivity (Wildman–Crippen MR) is 127 cm³/mol. The lowest BCUT2D eigenvalue weighted by molar-refractivity contribution is -0.117. The fraction of sp³-hybridized carbons (Fsp3) is 0.0417. The van der Waals surface area contributed by atoms with Crippen molar-refractivity contribution in [2.24, 2.45) is 5.10 Å². The normalized spacial score (nSPS) is 12.6. The second kappa shape index (κ2) is 10.2. The molecular weight excluding hydrogens is 465 g/mol. The lowest BCUT2D eigenvalue weighted by Gasteiger charge is -2.09. The van der Waals surface area contributed by atoms with Gasteiger partial charge in [-0.15, -0.1) is 0 Å². The van der Waals surface area contributed by atoms with E-state index in [4.69, 9.17) is 32.7 Å². The van der Waals surface area contributed by atoms with Gasteiger partial charge in [0.2, 0.25) is 6.79 Å². The summed E-state index contributed by atoms with van der Waals surface area (Å²) in [6, 6.07) is 18.6. The largest absolute Gasteiger partial charge is 0.454 e. The Kier molecular flexibility index (Phi) is 6.92. The van der Waals surface area contributed by atoms with E-state index in [-0.39, 0.29) is 12.5 Å². The number of fused-ring (bicyclic) bond motifs is 1. The molecule has 0 unspecified atom stereocenters. The van der Waals surface area contributed by atoms with Gasteiger partial charge in [0.05, 0.1) is 11.2 Å². The van der Waals surface area contributed by atoms with Gasteiger partial charge in [-0.25, -0.2) is 5.43 Å². The zero-order valence-corrected chi connectivity index (χ0v) is 18.6. The van der Waals surface area contributed by atoms with Crippen molar-refractivity contribution in [3.8, 4) is 11.5 Å². The third-order valence-electron chi connectivity index (χ3n) is 4.57. The van der Waals surface area contributed by atoms with E-state index < -0.39 is 11.8 Å². The van der Waals surface area contributed by atoms with E-state index in [1.54, 1.807) is 66.7 Å². The molecule has 0 saturated carbocycles. The van der Waals surface area contributed by atoms with Crippen LogP contribution in [0.25, 0.3) is 6.08 Å². The van der Waals surface area contributed by atoms with Crippen LogP contribution in [0.2, 0.25) is 10.0 Å². The van der Waals surface area contributed by atoms with E-state index in [2.05, 4.69) is 15.8 Å². The van der Waals surface area contributed by atoms with Gasteiger partial charge < -0.3 is 14.8 Å². The van der Waals surface area contributed by atoms with Crippen molar-refractivity contribution in [1.82, 2.24) is 10.7 Å². The second-order valence-corrected chi connectivity index (χ2v) is 7.70. The maximum atomic E-state index is 12.9. The Morgan fingerprint density at radius 1 is 0.939 bits per heavy atom. The molecule has 0 aromatic heterocycles. The van der Waals surface area contributed by atoms with Crippen molar-refractivity contribution in [1.29, 1.82) is 0 Å². The zero-order valence-electron chi connectivity index (χ0n) is 17.0. The Bertz CT molecular complexity index is 1260. The molecule has 0 bridgehead atoms. The van der Waals surface area contributed by atoms with Crippen molar-refractivity contribution in [3.05, 3.63) is 99.2 Å². The molecule has 0 fully saturated rings. The maximum Gasteiger partial charge on any atom is 0.287 e. The van der Waals surface area contributed by atoms with Crippen LogP contribution in [0.1, 0.15) is 21.5 Å². The third-order valence-corrected chi connectivity index (χ3v) is 5.13. The van der Waals surface area contributed by atoms with Gasteiger partial charge in [-0.1, -0.05) is 53.5 Å². The van der Waals surface area contributed by atoms with Crippen molar-refractivity contribution >= 4 is 47.3 Å². The Hall–Kier alpha value is -3.81.